The number of hydrogen-bond acceptors (Lipinski definition) is 3. The maximum absolute atomic E-state index is 5.93. The van der Waals surface area contributed by atoms with Crippen LogP contribution in [0.15, 0.2) is 17.6 Å². The Morgan fingerprint density at radius 2 is 2.07 bits per heavy atom. The Kier molecular flexibility index (Phi) is 4.18. The average molecular weight is 209 g/mol. The Labute approximate surface area is 93.1 Å². The molecule has 0 aromatic heterocycles. The Balaban J connectivity index is 2.82. The highest BCUT2D eigenvalue weighted by molar-refractivity contribution is 5.81. The normalized spacial score (nSPS) is 19.1. The highest BCUT2D eigenvalue weighted by atomic mass is 15.3. The molecule has 2 N–H and O–H groups in total. The van der Waals surface area contributed by atoms with Crippen molar-refractivity contribution in [2.45, 2.75) is 45.1 Å². The molecule has 0 spiro atoms. The predicted molar refractivity (Wildman–Crippen MR) is 65.9 cm³/mol. The van der Waals surface area contributed by atoms with Crippen molar-refractivity contribution < 1.29 is 0 Å². The summed E-state index contributed by atoms with van der Waals surface area (Å²) in [7, 11) is 0. The largest absolute Gasteiger partial charge is 0.370 e. The van der Waals surface area contributed by atoms with E-state index in [1.807, 2.05) is 6.08 Å². The lowest BCUT2D eigenvalue weighted by atomic mass is 9.87. The molecule has 86 valence electrons. The number of nitrogens with two attached hydrogens (primary N) is 1. The molecule has 0 saturated carbocycles. The van der Waals surface area contributed by atoms with Crippen LogP contribution in [0.1, 0.15) is 39.5 Å². The highest BCUT2D eigenvalue weighted by Gasteiger charge is 2.39. The van der Waals surface area contributed by atoms with Gasteiger partial charge in [0.1, 0.15) is 0 Å². The van der Waals surface area contributed by atoms with Gasteiger partial charge in [0.25, 0.3) is 0 Å². The molecule has 0 fully saturated rings. The third kappa shape index (κ3) is 2.33. The Morgan fingerprint density at radius 1 is 1.47 bits per heavy atom. The number of rotatable bonds is 6. The predicted octanol–water partition coefficient (Wildman–Crippen LogP) is 2.14. The van der Waals surface area contributed by atoms with Crippen molar-refractivity contribution in [3.63, 3.8) is 0 Å². The molecule has 0 saturated heterocycles. The first-order valence-corrected chi connectivity index (χ1v) is 5.88. The number of guanidine groups is 1. The fourth-order valence-electron chi connectivity index (χ4n) is 2.54. The number of hydrogen-bond donors (Lipinski definition) is 1. The van der Waals surface area contributed by atoms with E-state index in [0.717, 1.165) is 13.1 Å². The SMILES string of the molecule is C=CCN1C(N)=NCC1(CCC)CCC. The summed E-state index contributed by atoms with van der Waals surface area (Å²) in [6, 6.07) is 0. The minimum atomic E-state index is 0.168. The third-order valence-corrected chi connectivity index (χ3v) is 3.13. The van der Waals surface area contributed by atoms with Gasteiger partial charge in [-0.3, -0.25) is 4.99 Å². The Morgan fingerprint density at radius 3 is 2.53 bits per heavy atom. The van der Waals surface area contributed by atoms with Crippen molar-refractivity contribution in [3.05, 3.63) is 12.7 Å². The summed E-state index contributed by atoms with van der Waals surface area (Å²) >= 11 is 0. The molecule has 1 aliphatic heterocycles. The van der Waals surface area contributed by atoms with Gasteiger partial charge in [-0.05, 0) is 12.8 Å². The van der Waals surface area contributed by atoms with Crippen molar-refractivity contribution in [2.75, 3.05) is 13.1 Å². The third-order valence-electron chi connectivity index (χ3n) is 3.13. The van der Waals surface area contributed by atoms with Crippen molar-refractivity contribution in [1.29, 1.82) is 0 Å². The molecule has 0 aromatic rings. The molecule has 0 bridgehead atoms. The second-order valence-electron chi connectivity index (χ2n) is 4.30. The minimum absolute atomic E-state index is 0.168. The molecule has 0 atom stereocenters. The molecule has 15 heavy (non-hydrogen) atoms. The molecule has 1 heterocycles. The van der Waals surface area contributed by atoms with Crippen molar-refractivity contribution >= 4 is 5.96 Å². The second kappa shape index (κ2) is 5.19. The first-order chi connectivity index (χ1) is 7.20. The smallest absolute Gasteiger partial charge is 0.192 e. The van der Waals surface area contributed by atoms with Gasteiger partial charge in [0.05, 0.1) is 12.1 Å². The molecule has 0 radical (unpaired) electrons. The lowest BCUT2D eigenvalue weighted by Gasteiger charge is -2.38. The summed E-state index contributed by atoms with van der Waals surface area (Å²) in [6.07, 6.45) is 6.60. The molecule has 3 nitrogen and oxygen atoms in total. The van der Waals surface area contributed by atoms with E-state index in [2.05, 4.69) is 30.3 Å². The van der Waals surface area contributed by atoms with Gasteiger partial charge in [-0.2, -0.15) is 0 Å². The minimum Gasteiger partial charge on any atom is -0.370 e. The average Bonchev–Trinajstić information content (AvgIpc) is 2.49. The van der Waals surface area contributed by atoms with Gasteiger partial charge in [0.2, 0.25) is 0 Å². The maximum Gasteiger partial charge on any atom is 0.192 e. The Bertz CT molecular complexity index is 239. The first kappa shape index (κ1) is 12.1. The van der Waals surface area contributed by atoms with Gasteiger partial charge >= 0.3 is 0 Å². The van der Waals surface area contributed by atoms with Crippen LogP contribution in [0.5, 0.6) is 0 Å². The molecule has 3 heteroatoms. The van der Waals surface area contributed by atoms with E-state index in [1.54, 1.807) is 0 Å². The van der Waals surface area contributed by atoms with E-state index in [4.69, 9.17) is 5.73 Å². The molecule has 0 amide bonds. The fraction of sp³-hybridized carbons (Fsp3) is 0.750. The van der Waals surface area contributed by atoms with E-state index in [0.29, 0.717) is 5.96 Å². The van der Waals surface area contributed by atoms with Crippen LogP contribution in [0.2, 0.25) is 0 Å². The fourth-order valence-corrected chi connectivity index (χ4v) is 2.54. The van der Waals surface area contributed by atoms with E-state index < -0.39 is 0 Å². The lowest BCUT2D eigenvalue weighted by Crippen LogP contribution is -2.51. The lowest BCUT2D eigenvalue weighted by molar-refractivity contribution is 0.183. The topological polar surface area (TPSA) is 41.6 Å². The van der Waals surface area contributed by atoms with Crippen molar-refractivity contribution in [1.82, 2.24) is 4.90 Å². The van der Waals surface area contributed by atoms with Gasteiger partial charge in [0.15, 0.2) is 5.96 Å². The summed E-state index contributed by atoms with van der Waals surface area (Å²) in [6.45, 7) is 9.90. The molecular formula is C12H23N3. The van der Waals surface area contributed by atoms with Gasteiger partial charge in [-0.1, -0.05) is 32.8 Å². The monoisotopic (exact) mass is 209 g/mol. The van der Waals surface area contributed by atoms with E-state index >= 15 is 0 Å². The van der Waals surface area contributed by atoms with Crippen LogP contribution in [0.25, 0.3) is 0 Å². The summed E-state index contributed by atoms with van der Waals surface area (Å²) < 4.78 is 0. The van der Waals surface area contributed by atoms with E-state index in [1.165, 1.54) is 25.7 Å². The standard InChI is InChI=1S/C12H23N3/c1-4-7-12(8-5-2)10-14-11(13)15(12)9-6-3/h6H,3-5,7-10H2,1-2H3,(H2,13,14). The van der Waals surface area contributed by atoms with Gasteiger partial charge in [-0.15, -0.1) is 6.58 Å². The van der Waals surface area contributed by atoms with Crippen LogP contribution in [0.3, 0.4) is 0 Å². The molecule has 0 unspecified atom stereocenters. The van der Waals surface area contributed by atoms with Crippen molar-refractivity contribution in [2.24, 2.45) is 10.7 Å². The zero-order chi connectivity index (χ0) is 11.3. The Hall–Kier alpha value is -0.990. The summed E-state index contributed by atoms with van der Waals surface area (Å²) in [4.78, 5) is 6.63. The van der Waals surface area contributed by atoms with E-state index in [-0.39, 0.29) is 5.54 Å². The van der Waals surface area contributed by atoms with Crippen LogP contribution < -0.4 is 5.73 Å². The molecule has 0 aromatic carbocycles. The summed E-state index contributed by atoms with van der Waals surface area (Å²) in [5.41, 5.74) is 6.10. The van der Waals surface area contributed by atoms with Crippen LogP contribution in [-0.2, 0) is 0 Å². The second-order valence-corrected chi connectivity index (χ2v) is 4.30. The van der Waals surface area contributed by atoms with Crippen LogP contribution in [-0.4, -0.2) is 29.5 Å². The number of nitrogens with zero attached hydrogens (tertiary/aromatic N) is 2. The van der Waals surface area contributed by atoms with Crippen LogP contribution in [0.4, 0.5) is 0 Å². The van der Waals surface area contributed by atoms with Gasteiger partial charge in [0, 0.05) is 6.54 Å². The molecule has 1 aliphatic rings. The summed E-state index contributed by atoms with van der Waals surface area (Å²) in [5.74, 6) is 0.691. The van der Waals surface area contributed by atoms with E-state index in [9.17, 15) is 0 Å². The van der Waals surface area contributed by atoms with Crippen molar-refractivity contribution in [3.8, 4) is 0 Å². The zero-order valence-electron chi connectivity index (χ0n) is 10.00. The molecule has 1 rings (SSSR count). The van der Waals surface area contributed by atoms with Gasteiger partial charge in [-0.25, -0.2) is 0 Å². The number of aliphatic imine (C=N–C) groups is 1. The van der Waals surface area contributed by atoms with Crippen LogP contribution >= 0.6 is 0 Å². The van der Waals surface area contributed by atoms with Gasteiger partial charge < -0.3 is 10.6 Å². The molecule has 0 aliphatic carbocycles. The first-order valence-electron chi connectivity index (χ1n) is 5.88. The molecular weight excluding hydrogens is 186 g/mol. The zero-order valence-corrected chi connectivity index (χ0v) is 10.00. The maximum atomic E-state index is 5.93. The van der Waals surface area contributed by atoms with Crippen LogP contribution in [0, 0.1) is 0 Å². The highest BCUT2D eigenvalue weighted by Crippen LogP contribution is 2.31. The quantitative estimate of drug-likeness (QED) is 0.681. The summed E-state index contributed by atoms with van der Waals surface area (Å²) in [5, 5.41) is 0.